The molecule has 1 atom stereocenters. The first-order valence-corrected chi connectivity index (χ1v) is 6.82. The Hall–Kier alpha value is -2.21. The van der Waals surface area contributed by atoms with Gasteiger partial charge in [-0.25, -0.2) is 0 Å². The second-order valence-electron chi connectivity index (χ2n) is 4.91. The number of anilines is 1. The van der Waals surface area contributed by atoms with Crippen LogP contribution in [-0.2, 0) is 4.79 Å². The highest BCUT2D eigenvalue weighted by Crippen LogP contribution is 2.16. The number of piperidine rings is 1. The zero-order chi connectivity index (χ0) is 13.8. The van der Waals surface area contributed by atoms with E-state index in [0.29, 0.717) is 11.8 Å². The quantitative estimate of drug-likeness (QED) is 0.788. The number of amides is 1. The summed E-state index contributed by atoms with van der Waals surface area (Å²) >= 11 is 0. The number of carbonyl (C=O) groups excluding carboxylic acids is 1. The van der Waals surface area contributed by atoms with Gasteiger partial charge >= 0.3 is 0 Å². The van der Waals surface area contributed by atoms with E-state index in [1.54, 1.807) is 0 Å². The maximum Gasteiger partial charge on any atom is 0.249 e. The highest BCUT2D eigenvalue weighted by Gasteiger charge is 2.22. The summed E-state index contributed by atoms with van der Waals surface area (Å²) < 4.78 is 0. The lowest BCUT2D eigenvalue weighted by Crippen LogP contribution is -2.37. The third-order valence-electron chi connectivity index (χ3n) is 3.44. The van der Waals surface area contributed by atoms with Gasteiger partial charge in [0.05, 0.1) is 5.92 Å². The van der Waals surface area contributed by atoms with E-state index in [0.717, 1.165) is 31.5 Å². The summed E-state index contributed by atoms with van der Waals surface area (Å²) in [4.78, 5) is 16.4. The Labute approximate surface area is 117 Å². The van der Waals surface area contributed by atoms with Gasteiger partial charge in [-0.2, -0.15) is 4.98 Å². The number of aromatic amines is 1. The van der Waals surface area contributed by atoms with Crippen molar-refractivity contribution >= 4 is 11.9 Å². The molecule has 0 saturated carbocycles. The molecule has 1 aromatic carbocycles. The first-order chi connectivity index (χ1) is 9.83. The zero-order valence-electron chi connectivity index (χ0n) is 11.1. The SMILES string of the molecule is O=C(Nc1n[nH]c(-c2ccccc2)n1)C1CCCNC1. The normalized spacial score (nSPS) is 18.7. The van der Waals surface area contributed by atoms with E-state index < -0.39 is 0 Å². The molecule has 1 aromatic heterocycles. The van der Waals surface area contributed by atoms with Crippen LogP contribution in [0, 0.1) is 5.92 Å². The average molecular weight is 271 g/mol. The van der Waals surface area contributed by atoms with Crippen molar-refractivity contribution < 1.29 is 4.79 Å². The van der Waals surface area contributed by atoms with Crippen LogP contribution in [0.4, 0.5) is 5.95 Å². The minimum Gasteiger partial charge on any atom is -0.316 e. The first kappa shape index (κ1) is 12.8. The predicted octanol–water partition coefficient (Wildman–Crippen LogP) is 1.41. The number of nitrogens with one attached hydrogen (secondary N) is 3. The summed E-state index contributed by atoms with van der Waals surface area (Å²) in [6.07, 6.45) is 1.94. The van der Waals surface area contributed by atoms with Crippen molar-refractivity contribution in [3.63, 3.8) is 0 Å². The standard InChI is InChI=1S/C14H17N5O/c20-13(11-7-4-8-15-9-11)17-14-16-12(18-19-14)10-5-2-1-3-6-10/h1-3,5-6,11,15H,4,7-9H2,(H2,16,17,18,19,20). The van der Waals surface area contributed by atoms with Gasteiger partial charge in [0, 0.05) is 12.1 Å². The summed E-state index contributed by atoms with van der Waals surface area (Å²) in [6.45, 7) is 1.71. The van der Waals surface area contributed by atoms with Gasteiger partial charge in [0.1, 0.15) is 0 Å². The summed E-state index contributed by atoms with van der Waals surface area (Å²) in [7, 11) is 0. The fourth-order valence-corrected chi connectivity index (χ4v) is 2.33. The van der Waals surface area contributed by atoms with Crippen LogP contribution in [-0.4, -0.2) is 34.2 Å². The number of carbonyl (C=O) groups is 1. The van der Waals surface area contributed by atoms with Gasteiger partial charge < -0.3 is 5.32 Å². The molecule has 6 nitrogen and oxygen atoms in total. The molecule has 1 saturated heterocycles. The number of benzene rings is 1. The van der Waals surface area contributed by atoms with Crippen LogP contribution in [0.5, 0.6) is 0 Å². The van der Waals surface area contributed by atoms with Crippen molar-refractivity contribution in [2.24, 2.45) is 5.92 Å². The number of aromatic nitrogens is 3. The van der Waals surface area contributed by atoms with Gasteiger partial charge in [0.2, 0.25) is 11.9 Å². The molecule has 0 radical (unpaired) electrons. The molecule has 1 fully saturated rings. The molecule has 104 valence electrons. The molecule has 6 heteroatoms. The smallest absolute Gasteiger partial charge is 0.249 e. The Balaban J connectivity index is 1.66. The lowest BCUT2D eigenvalue weighted by molar-refractivity contribution is -0.120. The molecule has 3 N–H and O–H groups in total. The van der Waals surface area contributed by atoms with Gasteiger partial charge in [-0.3, -0.25) is 15.2 Å². The minimum absolute atomic E-state index is 0.00225. The van der Waals surface area contributed by atoms with Crippen molar-refractivity contribution in [1.82, 2.24) is 20.5 Å². The van der Waals surface area contributed by atoms with Crippen molar-refractivity contribution in [3.8, 4) is 11.4 Å². The molecule has 0 aliphatic carbocycles. The minimum atomic E-state index is -0.0178. The summed E-state index contributed by atoms with van der Waals surface area (Å²) in [6, 6.07) is 9.70. The van der Waals surface area contributed by atoms with Crippen LogP contribution in [0.25, 0.3) is 11.4 Å². The molecule has 1 aliphatic heterocycles. The van der Waals surface area contributed by atoms with Crippen molar-refractivity contribution in [1.29, 1.82) is 0 Å². The second kappa shape index (κ2) is 5.83. The molecular weight excluding hydrogens is 254 g/mol. The fraction of sp³-hybridized carbons (Fsp3) is 0.357. The Morgan fingerprint density at radius 1 is 1.30 bits per heavy atom. The molecule has 1 amide bonds. The van der Waals surface area contributed by atoms with Crippen molar-refractivity contribution in [2.45, 2.75) is 12.8 Å². The molecule has 0 spiro atoms. The molecule has 1 aliphatic rings. The number of hydrogen-bond donors (Lipinski definition) is 3. The molecular formula is C14H17N5O. The van der Waals surface area contributed by atoms with Gasteiger partial charge in [-0.15, -0.1) is 5.10 Å². The highest BCUT2D eigenvalue weighted by atomic mass is 16.2. The Morgan fingerprint density at radius 2 is 2.15 bits per heavy atom. The molecule has 20 heavy (non-hydrogen) atoms. The Bertz CT molecular complexity index is 574. The lowest BCUT2D eigenvalue weighted by Gasteiger charge is -2.20. The molecule has 3 rings (SSSR count). The van der Waals surface area contributed by atoms with Crippen molar-refractivity contribution in [3.05, 3.63) is 30.3 Å². The number of rotatable bonds is 3. The zero-order valence-corrected chi connectivity index (χ0v) is 11.1. The van der Waals surface area contributed by atoms with Crippen molar-refractivity contribution in [2.75, 3.05) is 18.4 Å². The number of hydrogen-bond acceptors (Lipinski definition) is 4. The van der Waals surface area contributed by atoms with E-state index in [1.165, 1.54) is 0 Å². The van der Waals surface area contributed by atoms with Gasteiger partial charge in [0.15, 0.2) is 5.82 Å². The lowest BCUT2D eigenvalue weighted by atomic mass is 9.99. The summed E-state index contributed by atoms with van der Waals surface area (Å²) in [5, 5.41) is 12.9. The maximum atomic E-state index is 12.1. The van der Waals surface area contributed by atoms with E-state index in [2.05, 4.69) is 25.8 Å². The highest BCUT2D eigenvalue weighted by molar-refractivity contribution is 5.91. The van der Waals surface area contributed by atoms with Crippen LogP contribution in [0.2, 0.25) is 0 Å². The van der Waals surface area contributed by atoms with E-state index in [4.69, 9.17) is 0 Å². The van der Waals surface area contributed by atoms with E-state index in [1.807, 2.05) is 30.3 Å². The average Bonchev–Trinajstić information content (AvgIpc) is 2.97. The Morgan fingerprint density at radius 3 is 2.90 bits per heavy atom. The van der Waals surface area contributed by atoms with Crippen LogP contribution in [0.3, 0.4) is 0 Å². The van der Waals surface area contributed by atoms with Crippen LogP contribution >= 0.6 is 0 Å². The largest absolute Gasteiger partial charge is 0.316 e. The second-order valence-corrected chi connectivity index (χ2v) is 4.91. The van der Waals surface area contributed by atoms with Crippen LogP contribution < -0.4 is 10.6 Å². The van der Waals surface area contributed by atoms with Crippen LogP contribution in [0.1, 0.15) is 12.8 Å². The molecule has 1 unspecified atom stereocenters. The van der Waals surface area contributed by atoms with Crippen LogP contribution in [0.15, 0.2) is 30.3 Å². The first-order valence-electron chi connectivity index (χ1n) is 6.82. The third kappa shape index (κ3) is 2.85. The maximum absolute atomic E-state index is 12.1. The van der Waals surface area contributed by atoms with Gasteiger partial charge in [0.25, 0.3) is 0 Å². The van der Waals surface area contributed by atoms with E-state index >= 15 is 0 Å². The van der Waals surface area contributed by atoms with Gasteiger partial charge in [-0.1, -0.05) is 30.3 Å². The van der Waals surface area contributed by atoms with E-state index in [-0.39, 0.29) is 11.8 Å². The monoisotopic (exact) mass is 271 g/mol. The molecule has 2 heterocycles. The third-order valence-corrected chi connectivity index (χ3v) is 3.44. The molecule has 0 bridgehead atoms. The van der Waals surface area contributed by atoms with E-state index in [9.17, 15) is 4.79 Å². The summed E-state index contributed by atoms with van der Waals surface area (Å²) in [5.41, 5.74) is 0.944. The van der Waals surface area contributed by atoms with Gasteiger partial charge in [-0.05, 0) is 19.4 Å². The number of H-pyrrole nitrogens is 1. The topological polar surface area (TPSA) is 82.7 Å². The fourth-order valence-electron chi connectivity index (χ4n) is 2.33. The number of nitrogens with zero attached hydrogens (tertiary/aromatic N) is 2. The predicted molar refractivity (Wildman–Crippen MR) is 76.0 cm³/mol. The molecule has 2 aromatic rings. The Kier molecular flexibility index (Phi) is 3.73. The summed E-state index contributed by atoms with van der Waals surface area (Å²) in [5.74, 6) is 0.973.